The van der Waals surface area contributed by atoms with Crippen LogP contribution in [0, 0.1) is 0 Å². The Hall–Kier alpha value is -2.65. The Labute approximate surface area is 179 Å². The maximum Gasteiger partial charge on any atom is 0.431 e. The number of nitrogens with zero attached hydrogens (tertiary/aromatic N) is 3. The van der Waals surface area contributed by atoms with E-state index in [0.29, 0.717) is 42.8 Å². The molecule has 0 atom stereocenters. The molecule has 9 heteroatoms. The number of aromatic nitrogens is 1. The van der Waals surface area contributed by atoms with Crippen molar-refractivity contribution < 1.29 is 22.9 Å². The van der Waals surface area contributed by atoms with E-state index in [1.165, 1.54) is 17.7 Å². The second kappa shape index (κ2) is 8.47. The second-order valence-electron chi connectivity index (χ2n) is 7.83. The van der Waals surface area contributed by atoms with Gasteiger partial charge in [0.15, 0.2) is 0 Å². The maximum atomic E-state index is 14.0. The molecule has 31 heavy (non-hydrogen) atoms. The van der Waals surface area contributed by atoms with Gasteiger partial charge in [0.2, 0.25) is 0 Å². The first-order valence-corrected chi connectivity index (χ1v) is 10.3. The van der Waals surface area contributed by atoms with Crippen LogP contribution in [0.1, 0.15) is 11.3 Å². The fraction of sp³-hybridized carbons (Fsp3) is 0.364. The number of piperazine rings is 1. The quantitative estimate of drug-likeness (QED) is 0.622. The van der Waals surface area contributed by atoms with Crippen molar-refractivity contribution in [2.45, 2.75) is 19.5 Å². The molecule has 0 amide bonds. The van der Waals surface area contributed by atoms with Gasteiger partial charge in [0.05, 0.1) is 12.6 Å². The summed E-state index contributed by atoms with van der Waals surface area (Å²) in [7, 11) is 1.01. The van der Waals surface area contributed by atoms with E-state index in [4.69, 9.17) is 4.74 Å². The lowest BCUT2D eigenvalue weighted by atomic mass is 9.84. The minimum absolute atomic E-state index is 0.0921. The lowest BCUT2D eigenvalue weighted by Gasteiger charge is -2.37. The number of fused-ring (bicyclic) bond motifs is 1. The third-order valence-corrected chi connectivity index (χ3v) is 5.87. The van der Waals surface area contributed by atoms with Crippen molar-refractivity contribution in [2.24, 2.45) is 0 Å². The molecule has 164 valence electrons. The summed E-state index contributed by atoms with van der Waals surface area (Å²) in [6, 6.07) is 13.8. The van der Waals surface area contributed by atoms with E-state index >= 15 is 0 Å². The molecule has 0 unspecified atom stereocenters. The fourth-order valence-corrected chi connectivity index (χ4v) is 4.24. The maximum absolute atomic E-state index is 14.0. The topological polar surface area (TPSA) is 40.9 Å². The summed E-state index contributed by atoms with van der Waals surface area (Å²) in [6.45, 7) is 4.42. The number of ether oxygens (including phenoxy) is 1. The molecule has 3 aromatic rings. The number of benzene rings is 2. The van der Waals surface area contributed by atoms with Crippen LogP contribution < -0.4 is 9.64 Å². The fourth-order valence-electron chi connectivity index (χ4n) is 4.24. The van der Waals surface area contributed by atoms with Crippen molar-refractivity contribution in [1.82, 2.24) is 9.38 Å². The minimum atomic E-state index is -4.47. The Morgan fingerprint density at radius 1 is 1.03 bits per heavy atom. The van der Waals surface area contributed by atoms with Gasteiger partial charge >= 0.3 is 13.2 Å². The summed E-state index contributed by atoms with van der Waals surface area (Å²) in [4.78, 5) is 4.04. The first kappa shape index (κ1) is 21.6. The first-order chi connectivity index (χ1) is 14.8. The van der Waals surface area contributed by atoms with E-state index in [2.05, 4.69) is 4.90 Å². The van der Waals surface area contributed by atoms with Gasteiger partial charge in [0.1, 0.15) is 11.4 Å². The Balaban J connectivity index is 1.75. The summed E-state index contributed by atoms with van der Waals surface area (Å²) in [5, 5.41) is 10.4. The van der Waals surface area contributed by atoms with Crippen LogP contribution in [0.2, 0.25) is 6.82 Å². The van der Waals surface area contributed by atoms with Crippen LogP contribution in [0.4, 0.5) is 18.9 Å². The molecule has 1 aromatic heterocycles. The summed E-state index contributed by atoms with van der Waals surface area (Å²) in [5.74, 6) is 0.610. The van der Waals surface area contributed by atoms with Gasteiger partial charge in [-0.05, 0) is 42.7 Å². The highest BCUT2D eigenvalue weighted by Crippen LogP contribution is 2.38. The predicted octanol–water partition coefficient (Wildman–Crippen LogP) is 3.95. The van der Waals surface area contributed by atoms with Crippen LogP contribution in [0.5, 0.6) is 5.75 Å². The van der Waals surface area contributed by atoms with Gasteiger partial charge in [0, 0.05) is 43.8 Å². The van der Waals surface area contributed by atoms with Gasteiger partial charge in [0.25, 0.3) is 0 Å². The summed E-state index contributed by atoms with van der Waals surface area (Å²) in [6.07, 6.45) is -4.47. The number of methoxy groups -OCH3 is 1. The van der Waals surface area contributed by atoms with Crippen molar-refractivity contribution >= 4 is 23.6 Å². The van der Waals surface area contributed by atoms with Gasteiger partial charge in [-0.15, -0.1) is 0 Å². The van der Waals surface area contributed by atoms with Gasteiger partial charge in [-0.1, -0.05) is 18.2 Å². The molecule has 0 radical (unpaired) electrons. The number of rotatable bonds is 5. The van der Waals surface area contributed by atoms with Crippen LogP contribution in [-0.4, -0.2) is 54.7 Å². The molecule has 0 aliphatic carbocycles. The zero-order valence-electron chi connectivity index (χ0n) is 17.6. The van der Waals surface area contributed by atoms with Crippen LogP contribution in [0.25, 0.3) is 10.9 Å². The molecule has 4 rings (SSSR count). The van der Waals surface area contributed by atoms with E-state index in [0.717, 1.165) is 11.3 Å². The average Bonchev–Trinajstić information content (AvgIpc) is 3.13. The Morgan fingerprint density at radius 3 is 2.39 bits per heavy atom. The smallest absolute Gasteiger partial charge is 0.431 e. The highest BCUT2D eigenvalue weighted by molar-refractivity contribution is 6.45. The molecule has 1 N–H and O–H groups in total. The lowest BCUT2D eigenvalue weighted by Crippen LogP contribution is -2.51. The van der Waals surface area contributed by atoms with Crippen molar-refractivity contribution in [1.29, 1.82) is 0 Å². The van der Waals surface area contributed by atoms with Gasteiger partial charge in [-0.3, -0.25) is 0 Å². The average molecular weight is 431 g/mol. The molecule has 5 nitrogen and oxygen atoms in total. The summed E-state index contributed by atoms with van der Waals surface area (Å²) >= 11 is 0. The third-order valence-electron chi connectivity index (χ3n) is 5.87. The van der Waals surface area contributed by atoms with Crippen LogP contribution in [0.15, 0.2) is 48.5 Å². The van der Waals surface area contributed by atoms with E-state index in [-0.39, 0.29) is 6.54 Å². The molecule has 0 spiro atoms. The van der Waals surface area contributed by atoms with Gasteiger partial charge in [-0.2, -0.15) is 13.2 Å². The highest BCUT2D eigenvalue weighted by Gasteiger charge is 2.36. The zero-order chi connectivity index (χ0) is 22.2. The van der Waals surface area contributed by atoms with E-state index < -0.39 is 18.9 Å². The van der Waals surface area contributed by atoms with E-state index in [1.54, 1.807) is 43.2 Å². The van der Waals surface area contributed by atoms with E-state index in [9.17, 15) is 18.2 Å². The van der Waals surface area contributed by atoms with Gasteiger partial charge < -0.3 is 24.0 Å². The van der Waals surface area contributed by atoms with E-state index in [1.807, 2.05) is 10.9 Å². The minimum Gasteiger partial charge on any atom is -0.497 e. The third kappa shape index (κ3) is 4.38. The zero-order valence-corrected chi connectivity index (χ0v) is 17.6. The largest absolute Gasteiger partial charge is 0.497 e. The SMILES string of the molecule is COc1cccc(Cn2c(C(F)(F)F)cc3c(N4CCN(B(C)O)CC4)cccc32)c1. The summed E-state index contributed by atoms with van der Waals surface area (Å²) < 4.78 is 48.4. The van der Waals surface area contributed by atoms with Gasteiger partial charge in [-0.25, -0.2) is 0 Å². The normalized spacial score (nSPS) is 15.5. The Morgan fingerprint density at radius 2 is 1.74 bits per heavy atom. The number of hydrogen-bond donors (Lipinski definition) is 1. The second-order valence-corrected chi connectivity index (χ2v) is 7.83. The van der Waals surface area contributed by atoms with Crippen LogP contribution in [0.3, 0.4) is 0 Å². The molecule has 1 aliphatic heterocycles. The standard InChI is InChI=1S/C22H25BF3N3O2/c1-23(30)28-11-9-27(10-12-28)19-7-4-8-20-18(19)14-21(22(24,25)26)29(20)15-16-5-3-6-17(13-16)31-2/h3-8,13-14,30H,9-12,15H2,1-2H3. The Kier molecular flexibility index (Phi) is 5.90. The lowest BCUT2D eigenvalue weighted by molar-refractivity contribution is -0.143. The first-order valence-electron chi connectivity index (χ1n) is 10.3. The molecule has 1 fully saturated rings. The molecular formula is C22H25BF3N3O2. The molecule has 1 saturated heterocycles. The predicted molar refractivity (Wildman–Crippen MR) is 117 cm³/mol. The molecule has 0 saturated carbocycles. The van der Waals surface area contributed by atoms with Crippen molar-refractivity contribution in [3.05, 3.63) is 59.8 Å². The monoisotopic (exact) mass is 431 g/mol. The van der Waals surface area contributed by atoms with Crippen molar-refractivity contribution in [3.8, 4) is 5.75 Å². The molecule has 2 aromatic carbocycles. The molecular weight excluding hydrogens is 406 g/mol. The molecule has 2 heterocycles. The van der Waals surface area contributed by atoms with Crippen LogP contribution >= 0.6 is 0 Å². The number of alkyl halides is 3. The van der Waals surface area contributed by atoms with Crippen molar-refractivity contribution in [2.75, 3.05) is 38.2 Å². The molecule has 1 aliphatic rings. The van der Waals surface area contributed by atoms with Crippen LogP contribution in [-0.2, 0) is 12.7 Å². The summed E-state index contributed by atoms with van der Waals surface area (Å²) in [5.41, 5.74) is 1.40. The molecule has 0 bridgehead atoms. The Bertz CT molecular complexity index is 1060. The number of hydrogen-bond acceptors (Lipinski definition) is 4. The number of halogens is 3. The number of anilines is 1. The van der Waals surface area contributed by atoms with Crippen molar-refractivity contribution in [3.63, 3.8) is 0 Å². The highest BCUT2D eigenvalue weighted by atomic mass is 19.4.